The largest absolute Gasteiger partial charge is 0.305 e. The van der Waals surface area contributed by atoms with E-state index in [1.165, 1.54) is 0 Å². The SMILES string of the molecule is N#Cc1c(-n2c3ccccc3c3ncccc32)c(-c2nc(-c3ccccc3)nc(-c3ccccc3)n2)c(-n2c3ccccc3c3ncccc32)c(-n2c3ccccc3c3ncccc32)c1-n1c2ccccc2c2ncccc21. The number of pyridine rings is 4. The van der Waals surface area contributed by atoms with Crippen molar-refractivity contribution in [1.29, 1.82) is 5.26 Å². The predicted octanol–water partition coefficient (Wildman–Crippen LogP) is 14.7. The van der Waals surface area contributed by atoms with Gasteiger partial charge < -0.3 is 18.3 Å². The first-order valence-corrected chi connectivity index (χ1v) is 25.6. The fourth-order valence-corrected chi connectivity index (χ4v) is 11.9. The molecule has 0 bridgehead atoms. The number of nitriles is 1. The second-order valence-electron chi connectivity index (χ2n) is 19.2. The summed E-state index contributed by atoms with van der Waals surface area (Å²) in [5.74, 6) is 1.26. The van der Waals surface area contributed by atoms with E-state index in [2.05, 4.69) is 115 Å². The van der Waals surface area contributed by atoms with E-state index in [4.69, 9.17) is 34.9 Å². The van der Waals surface area contributed by atoms with Crippen LogP contribution in [0.25, 0.3) is 145 Å². The maximum atomic E-state index is 12.8. The summed E-state index contributed by atoms with van der Waals surface area (Å²) < 4.78 is 9.02. The molecule has 9 aromatic heterocycles. The summed E-state index contributed by atoms with van der Waals surface area (Å²) in [7, 11) is 0. The van der Waals surface area contributed by atoms with Crippen molar-refractivity contribution in [2.24, 2.45) is 0 Å². The second-order valence-corrected chi connectivity index (χ2v) is 19.2. The zero-order chi connectivity index (χ0) is 51.4. The van der Waals surface area contributed by atoms with E-state index < -0.39 is 0 Å². The van der Waals surface area contributed by atoms with E-state index in [0.29, 0.717) is 51.3 Å². The van der Waals surface area contributed by atoms with E-state index in [1.807, 2.05) is 140 Å². The van der Waals surface area contributed by atoms with Gasteiger partial charge in [0.05, 0.1) is 94.5 Å². The Morgan fingerprint density at radius 2 is 0.590 bits per heavy atom. The van der Waals surface area contributed by atoms with Gasteiger partial charge in [0, 0.05) is 57.5 Å². The molecule has 362 valence electrons. The molecule has 16 aromatic rings. The number of para-hydroxylation sites is 4. The van der Waals surface area contributed by atoms with Crippen molar-refractivity contribution in [3.63, 3.8) is 0 Å². The third-order valence-electron chi connectivity index (χ3n) is 15.0. The van der Waals surface area contributed by atoms with Crippen LogP contribution in [-0.2, 0) is 0 Å². The van der Waals surface area contributed by atoms with Crippen molar-refractivity contribution in [3.8, 4) is 63.0 Å². The van der Waals surface area contributed by atoms with Crippen LogP contribution >= 0.6 is 0 Å². The van der Waals surface area contributed by atoms with Gasteiger partial charge in [-0.25, -0.2) is 15.0 Å². The summed E-state index contributed by atoms with van der Waals surface area (Å²) in [4.78, 5) is 37.0. The van der Waals surface area contributed by atoms with Crippen LogP contribution in [0.5, 0.6) is 0 Å². The molecule has 12 nitrogen and oxygen atoms in total. The average Bonchev–Trinajstić information content (AvgIpc) is 4.34. The first-order valence-electron chi connectivity index (χ1n) is 25.6. The molecule has 7 aromatic carbocycles. The summed E-state index contributed by atoms with van der Waals surface area (Å²) >= 11 is 0. The highest BCUT2D eigenvalue weighted by molar-refractivity contribution is 6.15. The molecule has 9 heterocycles. The highest BCUT2D eigenvalue weighted by Gasteiger charge is 2.36. The lowest BCUT2D eigenvalue weighted by molar-refractivity contribution is 1.01. The Bertz CT molecular complexity index is 4910. The third kappa shape index (κ3) is 6.18. The van der Waals surface area contributed by atoms with Gasteiger partial charge in [0.1, 0.15) is 11.6 Å². The number of aromatic nitrogens is 11. The lowest BCUT2D eigenvalue weighted by Gasteiger charge is -2.28. The van der Waals surface area contributed by atoms with Gasteiger partial charge in [-0.1, -0.05) is 133 Å². The van der Waals surface area contributed by atoms with Gasteiger partial charge in [0.25, 0.3) is 0 Å². The van der Waals surface area contributed by atoms with Crippen LogP contribution in [0.3, 0.4) is 0 Å². The Morgan fingerprint density at radius 1 is 0.282 bits per heavy atom. The van der Waals surface area contributed by atoms with Crippen LogP contribution in [0.15, 0.2) is 231 Å². The fourth-order valence-electron chi connectivity index (χ4n) is 11.9. The Morgan fingerprint density at radius 3 is 0.974 bits per heavy atom. The fraction of sp³-hybridized carbons (Fsp3) is 0. The summed E-state index contributed by atoms with van der Waals surface area (Å²) in [6, 6.07) is 72.5. The molecule has 0 unspecified atom stereocenters. The van der Waals surface area contributed by atoms with E-state index in [-0.39, 0.29) is 0 Å². The molecule has 0 aliphatic rings. The molecule has 0 atom stereocenters. The van der Waals surface area contributed by atoms with Gasteiger partial charge >= 0.3 is 0 Å². The number of rotatable bonds is 7. The Hall–Kier alpha value is -11.2. The molecule has 0 aliphatic carbocycles. The van der Waals surface area contributed by atoms with Crippen molar-refractivity contribution >= 4 is 87.7 Å². The van der Waals surface area contributed by atoms with Crippen molar-refractivity contribution < 1.29 is 0 Å². The minimum Gasteiger partial charge on any atom is -0.305 e. The molecule has 0 radical (unpaired) electrons. The first kappa shape index (κ1) is 43.3. The zero-order valence-corrected chi connectivity index (χ0v) is 41.3. The van der Waals surface area contributed by atoms with Crippen LogP contribution in [0.1, 0.15) is 5.56 Å². The smallest absolute Gasteiger partial charge is 0.168 e. The van der Waals surface area contributed by atoms with Crippen molar-refractivity contribution in [3.05, 3.63) is 237 Å². The van der Waals surface area contributed by atoms with Gasteiger partial charge in [0.15, 0.2) is 17.5 Å². The molecule has 16 rings (SSSR count). The number of fused-ring (bicyclic) bond motifs is 12. The minimum atomic E-state index is 0.337. The predicted molar refractivity (Wildman–Crippen MR) is 309 cm³/mol. The van der Waals surface area contributed by atoms with Crippen molar-refractivity contribution in [1.82, 2.24) is 53.2 Å². The maximum absolute atomic E-state index is 12.8. The lowest BCUT2D eigenvalue weighted by atomic mass is 9.97. The van der Waals surface area contributed by atoms with Crippen LogP contribution in [0.2, 0.25) is 0 Å². The van der Waals surface area contributed by atoms with E-state index in [0.717, 1.165) is 98.9 Å². The molecule has 12 heteroatoms. The molecule has 0 spiro atoms. The van der Waals surface area contributed by atoms with Crippen molar-refractivity contribution in [2.45, 2.75) is 0 Å². The van der Waals surface area contributed by atoms with Crippen LogP contribution in [0, 0.1) is 11.3 Å². The number of benzene rings is 7. The summed E-state index contributed by atoms with van der Waals surface area (Å²) in [6.45, 7) is 0. The van der Waals surface area contributed by atoms with Gasteiger partial charge in [-0.3, -0.25) is 19.9 Å². The second kappa shape index (κ2) is 16.9. The van der Waals surface area contributed by atoms with Crippen LogP contribution in [-0.4, -0.2) is 53.2 Å². The molecule has 78 heavy (non-hydrogen) atoms. The zero-order valence-electron chi connectivity index (χ0n) is 41.3. The monoisotopic (exact) mass is 998 g/mol. The lowest BCUT2D eigenvalue weighted by Crippen LogP contribution is -2.17. The molecule has 0 saturated heterocycles. The standard InChI is InChI=1S/C66H38N12/c67-39-46-60(75-47-27-11-7-23-42(47)56-51(75)31-15-35-68-56)55(66-73-64(40-19-3-1-4-20-40)72-65(74-66)41-21-5-2-6-22-41)62(77-49-29-13-9-25-44(49)58-53(77)33-17-37-70-58)63(78-50-30-14-10-26-45(50)59-54(78)34-18-38-71-59)61(46)76-48-28-12-8-24-43(48)57-52(76)32-16-36-69-57/h1-38H. The maximum Gasteiger partial charge on any atom is 0.168 e. The Labute approximate surface area is 443 Å². The molecule has 0 fully saturated rings. The first-order chi connectivity index (χ1) is 38.7. The van der Waals surface area contributed by atoms with E-state index in [9.17, 15) is 5.26 Å². The summed E-state index contributed by atoms with van der Waals surface area (Å²) in [5.41, 5.74) is 14.9. The third-order valence-corrected chi connectivity index (χ3v) is 15.0. The molecular formula is C66H38N12. The van der Waals surface area contributed by atoms with Crippen LogP contribution < -0.4 is 0 Å². The number of hydrogen-bond acceptors (Lipinski definition) is 8. The Kier molecular flexibility index (Phi) is 9.39. The topological polar surface area (TPSA) is 134 Å². The van der Waals surface area contributed by atoms with Gasteiger partial charge in [-0.15, -0.1) is 0 Å². The molecule has 0 amide bonds. The normalized spacial score (nSPS) is 11.8. The highest BCUT2D eigenvalue weighted by atomic mass is 15.2. The van der Waals surface area contributed by atoms with Crippen LogP contribution in [0.4, 0.5) is 0 Å². The number of hydrogen-bond donors (Lipinski definition) is 0. The molecule has 0 N–H and O–H groups in total. The van der Waals surface area contributed by atoms with E-state index >= 15 is 0 Å². The van der Waals surface area contributed by atoms with E-state index in [1.54, 1.807) is 0 Å². The molecule has 0 aliphatic heterocycles. The van der Waals surface area contributed by atoms with Crippen molar-refractivity contribution in [2.75, 3.05) is 0 Å². The highest BCUT2D eigenvalue weighted by Crippen LogP contribution is 2.51. The quantitative estimate of drug-likeness (QED) is 0.154. The summed E-state index contributed by atoms with van der Waals surface area (Å²) in [6.07, 6.45) is 7.33. The Balaban J connectivity index is 1.27. The van der Waals surface area contributed by atoms with Gasteiger partial charge in [-0.05, 0) is 72.8 Å². The van der Waals surface area contributed by atoms with Gasteiger partial charge in [0.2, 0.25) is 0 Å². The average molecular weight is 999 g/mol. The minimum absolute atomic E-state index is 0.337. The number of nitrogens with zero attached hydrogens (tertiary/aromatic N) is 12. The molecule has 0 saturated carbocycles. The van der Waals surface area contributed by atoms with Gasteiger partial charge in [-0.2, -0.15) is 5.26 Å². The summed E-state index contributed by atoms with van der Waals surface area (Å²) in [5, 5.41) is 16.6. The molecular weight excluding hydrogens is 961 g/mol.